The molecule has 1 saturated carbocycles. The van der Waals surface area contributed by atoms with Gasteiger partial charge in [0.25, 0.3) is 5.91 Å². The molecule has 0 radical (unpaired) electrons. The summed E-state index contributed by atoms with van der Waals surface area (Å²) in [6, 6.07) is 0.405. The fraction of sp³-hybridized carbons (Fsp3) is 0.579. The van der Waals surface area contributed by atoms with Crippen LogP contribution >= 0.6 is 0 Å². The SMILES string of the molecule is CCn1cc(CN2CCOC3C(CNC(=O)c4cnccn4)CCC32)cn1. The molecule has 144 valence electrons. The molecule has 1 N–H and O–H groups in total. The third kappa shape index (κ3) is 4.01. The second kappa shape index (κ2) is 8.14. The molecule has 3 unspecified atom stereocenters. The molecule has 27 heavy (non-hydrogen) atoms. The summed E-state index contributed by atoms with van der Waals surface area (Å²) in [4.78, 5) is 22.7. The van der Waals surface area contributed by atoms with Gasteiger partial charge in [-0.2, -0.15) is 5.10 Å². The Balaban J connectivity index is 1.34. The van der Waals surface area contributed by atoms with Crippen molar-refractivity contribution in [1.82, 2.24) is 30.0 Å². The van der Waals surface area contributed by atoms with E-state index >= 15 is 0 Å². The van der Waals surface area contributed by atoms with Crippen LogP contribution in [0.15, 0.2) is 31.0 Å². The van der Waals surface area contributed by atoms with E-state index in [9.17, 15) is 4.79 Å². The predicted molar refractivity (Wildman–Crippen MR) is 98.9 cm³/mol. The summed E-state index contributed by atoms with van der Waals surface area (Å²) in [5, 5.41) is 7.37. The summed E-state index contributed by atoms with van der Waals surface area (Å²) in [5.74, 6) is 0.156. The minimum Gasteiger partial charge on any atom is -0.375 e. The zero-order chi connectivity index (χ0) is 18.6. The van der Waals surface area contributed by atoms with Gasteiger partial charge >= 0.3 is 0 Å². The molecule has 3 heterocycles. The van der Waals surface area contributed by atoms with E-state index in [0.29, 0.717) is 24.2 Å². The van der Waals surface area contributed by atoms with E-state index in [1.165, 1.54) is 18.0 Å². The highest BCUT2D eigenvalue weighted by atomic mass is 16.5. The lowest BCUT2D eigenvalue weighted by atomic mass is 10.0. The monoisotopic (exact) mass is 370 g/mol. The zero-order valence-electron chi connectivity index (χ0n) is 15.6. The Labute approximate surface area is 158 Å². The number of aromatic nitrogens is 4. The molecule has 0 aromatic carbocycles. The molecule has 2 aliphatic rings. The van der Waals surface area contributed by atoms with Gasteiger partial charge in [0, 0.05) is 62.3 Å². The van der Waals surface area contributed by atoms with E-state index in [-0.39, 0.29) is 12.0 Å². The van der Waals surface area contributed by atoms with Crippen molar-refractivity contribution in [2.45, 2.75) is 45.0 Å². The summed E-state index contributed by atoms with van der Waals surface area (Å²) in [6.07, 6.45) is 11.0. The van der Waals surface area contributed by atoms with E-state index in [1.54, 1.807) is 6.20 Å². The fourth-order valence-electron chi connectivity index (χ4n) is 4.18. The molecular weight excluding hydrogens is 344 g/mol. The van der Waals surface area contributed by atoms with Gasteiger partial charge in [0.2, 0.25) is 0 Å². The molecule has 3 atom stereocenters. The number of hydrogen-bond donors (Lipinski definition) is 1. The van der Waals surface area contributed by atoms with Gasteiger partial charge in [0.05, 0.1) is 25.1 Å². The van der Waals surface area contributed by atoms with Crippen LogP contribution in [0.4, 0.5) is 0 Å². The number of nitrogens with zero attached hydrogens (tertiary/aromatic N) is 5. The van der Waals surface area contributed by atoms with Crippen LogP contribution in [0, 0.1) is 5.92 Å². The van der Waals surface area contributed by atoms with Crippen molar-refractivity contribution in [2.75, 3.05) is 19.7 Å². The zero-order valence-corrected chi connectivity index (χ0v) is 15.6. The van der Waals surface area contributed by atoms with Crippen LogP contribution in [-0.2, 0) is 17.8 Å². The first-order valence-electron chi connectivity index (χ1n) is 9.65. The Morgan fingerprint density at radius 3 is 3.04 bits per heavy atom. The van der Waals surface area contributed by atoms with Crippen molar-refractivity contribution in [3.05, 3.63) is 42.2 Å². The predicted octanol–water partition coefficient (Wildman–Crippen LogP) is 1.10. The first-order valence-corrected chi connectivity index (χ1v) is 9.65. The Morgan fingerprint density at radius 1 is 1.33 bits per heavy atom. The first-order chi connectivity index (χ1) is 13.2. The average molecular weight is 370 g/mol. The Hall–Kier alpha value is -2.32. The largest absolute Gasteiger partial charge is 0.375 e. The molecule has 0 bridgehead atoms. The quantitative estimate of drug-likeness (QED) is 0.820. The number of morpholine rings is 1. The fourth-order valence-corrected chi connectivity index (χ4v) is 4.18. The van der Waals surface area contributed by atoms with Crippen LogP contribution in [0.25, 0.3) is 0 Å². The molecule has 1 amide bonds. The van der Waals surface area contributed by atoms with Gasteiger partial charge in [-0.15, -0.1) is 0 Å². The van der Waals surface area contributed by atoms with E-state index < -0.39 is 0 Å². The smallest absolute Gasteiger partial charge is 0.271 e. The van der Waals surface area contributed by atoms with Crippen molar-refractivity contribution < 1.29 is 9.53 Å². The van der Waals surface area contributed by atoms with Crippen LogP contribution < -0.4 is 5.32 Å². The molecule has 0 spiro atoms. The van der Waals surface area contributed by atoms with Gasteiger partial charge in [0.15, 0.2) is 0 Å². The normalized spacial score (nSPS) is 25.3. The van der Waals surface area contributed by atoms with E-state index in [2.05, 4.69) is 38.4 Å². The molecule has 2 aromatic rings. The van der Waals surface area contributed by atoms with Crippen LogP contribution in [0.3, 0.4) is 0 Å². The summed E-state index contributed by atoms with van der Waals surface area (Å²) in [7, 11) is 0. The molecule has 8 nitrogen and oxygen atoms in total. The van der Waals surface area contributed by atoms with Crippen molar-refractivity contribution in [3.63, 3.8) is 0 Å². The topological polar surface area (TPSA) is 85.2 Å². The number of aryl methyl sites for hydroxylation is 1. The second-order valence-electron chi connectivity index (χ2n) is 7.22. The van der Waals surface area contributed by atoms with Gasteiger partial charge in [-0.25, -0.2) is 4.98 Å². The summed E-state index contributed by atoms with van der Waals surface area (Å²) in [6.45, 7) is 6.18. The number of rotatable bonds is 6. The number of amides is 1. The summed E-state index contributed by atoms with van der Waals surface area (Å²) >= 11 is 0. The highest BCUT2D eigenvalue weighted by Crippen LogP contribution is 2.35. The van der Waals surface area contributed by atoms with Gasteiger partial charge in [-0.3, -0.25) is 19.4 Å². The molecule has 1 aliphatic heterocycles. The number of hydrogen-bond acceptors (Lipinski definition) is 6. The highest BCUT2D eigenvalue weighted by molar-refractivity contribution is 5.91. The highest BCUT2D eigenvalue weighted by Gasteiger charge is 2.42. The average Bonchev–Trinajstić information content (AvgIpc) is 3.34. The lowest BCUT2D eigenvalue weighted by molar-refractivity contribution is -0.0757. The third-order valence-corrected chi connectivity index (χ3v) is 5.55. The first kappa shape index (κ1) is 18.1. The Kier molecular flexibility index (Phi) is 5.45. The molecule has 4 rings (SSSR count). The second-order valence-corrected chi connectivity index (χ2v) is 7.22. The maximum absolute atomic E-state index is 12.2. The van der Waals surface area contributed by atoms with Crippen molar-refractivity contribution in [2.24, 2.45) is 5.92 Å². The molecule has 1 saturated heterocycles. The maximum Gasteiger partial charge on any atom is 0.271 e. The van der Waals surface area contributed by atoms with Gasteiger partial charge in [0.1, 0.15) is 5.69 Å². The van der Waals surface area contributed by atoms with Crippen LogP contribution in [-0.4, -0.2) is 62.4 Å². The Morgan fingerprint density at radius 2 is 2.26 bits per heavy atom. The van der Waals surface area contributed by atoms with Crippen molar-refractivity contribution in [1.29, 1.82) is 0 Å². The molecule has 2 fully saturated rings. The van der Waals surface area contributed by atoms with E-state index in [4.69, 9.17) is 4.74 Å². The van der Waals surface area contributed by atoms with Crippen LogP contribution in [0.5, 0.6) is 0 Å². The van der Waals surface area contributed by atoms with Crippen LogP contribution in [0.2, 0.25) is 0 Å². The lowest BCUT2D eigenvalue weighted by Crippen LogP contribution is -2.50. The van der Waals surface area contributed by atoms with Gasteiger partial charge < -0.3 is 10.1 Å². The van der Waals surface area contributed by atoms with E-state index in [0.717, 1.165) is 39.1 Å². The van der Waals surface area contributed by atoms with Gasteiger partial charge in [-0.1, -0.05) is 0 Å². The lowest BCUT2D eigenvalue weighted by Gasteiger charge is -2.39. The standard InChI is InChI=1S/C19H26N6O2/c1-2-25-13-14(9-23-25)12-24-7-8-27-18-15(3-4-17(18)24)10-22-19(26)16-11-20-5-6-21-16/h5-6,9,11,13,15,17-18H,2-4,7-8,10,12H2,1H3,(H,22,26). The molecule has 1 aliphatic carbocycles. The molecule has 8 heteroatoms. The van der Waals surface area contributed by atoms with Crippen LogP contribution in [0.1, 0.15) is 35.8 Å². The number of fused-ring (bicyclic) bond motifs is 1. The minimum atomic E-state index is -0.175. The Bertz CT molecular complexity index is 765. The number of ether oxygens (including phenoxy) is 1. The number of nitrogens with one attached hydrogen (secondary N) is 1. The molecular formula is C19H26N6O2. The minimum absolute atomic E-state index is 0.169. The van der Waals surface area contributed by atoms with Crippen molar-refractivity contribution >= 4 is 5.91 Å². The number of carbonyl (C=O) groups is 1. The summed E-state index contributed by atoms with van der Waals surface area (Å²) < 4.78 is 8.07. The molecule has 2 aromatic heterocycles. The third-order valence-electron chi connectivity index (χ3n) is 5.55. The number of carbonyl (C=O) groups excluding carboxylic acids is 1. The maximum atomic E-state index is 12.2. The summed E-state index contributed by atoms with van der Waals surface area (Å²) in [5.41, 5.74) is 1.60. The van der Waals surface area contributed by atoms with Crippen molar-refractivity contribution in [3.8, 4) is 0 Å². The van der Waals surface area contributed by atoms with E-state index in [1.807, 2.05) is 10.9 Å². The van der Waals surface area contributed by atoms with Gasteiger partial charge in [-0.05, 0) is 19.8 Å².